The molecule has 0 saturated heterocycles. The number of carbonyl (C=O) groups excluding carboxylic acids is 1. The quantitative estimate of drug-likeness (QED) is 0.776. The summed E-state index contributed by atoms with van der Waals surface area (Å²) < 4.78 is 4.94. The van der Waals surface area contributed by atoms with Crippen LogP contribution in [0.25, 0.3) is 17.2 Å². The van der Waals surface area contributed by atoms with Crippen molar-refractivity contribution in [3.63, 3.8) is 0 Å². The Kier molecular flexibility index (Phi) is 3.72. The molecule has 0 bridgehead atoms. The number of fused-ring (bicyclic) bond motifs is 1. The Morgan fingerprint density at radius 1 is 1.33 bits per heavy atom. The molecule has 0 aliphatic carbocycles. The minimum atomic E-state index is -0.335. The maximum absolute atomic E-state index is 11.6. The summed E-state index contributed by atoms with van der Waals surface area (Å²) in [5.41, 5.74) is 1.93. The second-order valence-electron chi connectivity index (χ2n) is 3.74. The third-order valence-corrected chi connectivity index (χ3v) is 2.38. The highest BCUT2D eigenvalue weighted by atomic mass is 16.5. The van der Waals surface area contributed by atoms with Crippen molar-refractivity contribution in [1.29, 1.82) is 0 Å². The normalized spacial score (nSPS) is 11.2. The first kappa shape index (κ1) is 12.3. The van der Waals surface area contributed by atoms with Gasteiger partial charge in [-0.05, 0) is 31.5 Å². The van der Waals surface area contributed by atoms with Gasteiger partial charge >= 0.3 is 5.97 Å². The van der Waals surface area contributed by atoms with E-state index in [0.29, 0.717) is 17.7 Å². The first-order valence-electron chi connectivity index (χ1n) is 5.95. The minimum absolute atomic E-state index is 0.335. The van der Waals surface area contributed by atoms with Gasteiger partial charge in [-0.15, -0.1) is 10.2 Å². The van der Waals surface area contributed by atoms with Crippen LogP contribution in [0.3, 0.4) is 0 Å². The molecule has 1 aromatic heterocycles. The van der Waals surface area contributed by atoms with Gasteiger partial charge in [0.2, 0.25) is 0 Å². The SMILES string of the molecule is CC/C=C\n1nc2ccc(C(=O)OCC)cc2n1. The molecule has 0 aliphatic rings. The number of ether oxygens (including phenoxy) is 1. The van der Waals surface area contributed by atoms with E-state index in [1.54, 1.807) is 31.3 Å². The Bertz CT molecular complexity index is 587. The van der Waals surface area contributed by atoms with Gasteiger partial charge in [-0.2, -0.15) is 4.80 Å². The Balaban J connectivity index is 2.33. The molecule has 0 saturated carbocycles. The molecule has 1 heterocycles. The number of rotatable bonds is 4. The van der Waals surface area contributed by atoms with Crippen LogP contribution in [0.4, 0.5) is 0 Å². The zero-order chi connectivity index (χ0) is 13.0. The van der Waals surface area contributed by atoms with E-state index in [0.717, 1.165) is 11.9 Å². The van der Waals surface area contributed by atoms with Crippen molar-refractivity contribution < 1.29 is 9.53 Å². The van der Waals surface area contributed by atoms with E-state index in [9.17, 15) is 4.79 Å². The smallest absolute Gasteiger partial charge is 0.338 e. The second-order valence-corrected chi connectivity index (χ2v) is 3.74. The van der Waals surface area contributed by atoms with Gasteiger partial charge in [-0.3, -0.25) is 0 Å². The molecule has 0 spiro atoms. The van der Waals surface area contributed by atoms with Gasteiger partial charge in [0.1, 0.15) is 11.0 Å². The fourth-order valence-corrected chi connectivity index (χ4v) is 1.54. The summed E-state index contributed by atoms with van der Waals surface area (Å²) in [6, 6.07) is 5.16. The van der Waals surface area contributed by atoms with Crippen LogP contribution in [0.1, 0.15) is 30.6 Å². The molecule has 1 aromatic carbocycles. The fourth-order valence-electron chi connectivity index (χ4n) is 1.54. The van der Waals surface area contributed by atoms with E-state index in [1.807, 2.05) is 13.0 Å². The van der Waals surface area contributed by atoms with E-state index >= 15 is 0 Å². The van der Waals surface area contributed by atoms with E-state index in [-0.39, 0.29) is 5.97 Å². The molecular weight excluding hydrogens is 230 g/mol. The highest BCUT2D eigenvalue weighted by Gasteiger charge is 2.09. The number of hydrogen-bond acceptors (Lipinski definition) is 4. The molecule has 5 nitrogen and oxygen atoms in total. The summed E-state index contributed by atoms with van der Waals surface area (Å²) in [6.45, 7) is 4.18. The van der Waals surface area contributed by atoms with E-state index in [2.05, 4.69) is 10.2 Å². The van der Waals surface area contributed by atoms with Crippen molar-refractivity contribution in [3.05, 3.63) is 29.8 Å². The number of hydrogen-bond donors (Lipinski definition) is 0. The molecule has 0 atom stereocenters. The molecule has 0 amide bonds. The average molecular weight is 245 g/mol. The lowest BCUT2D eigenvalue weighted by Crippen LogP contribution is -2.04. The van der Waals surface area contributed by atoms with Crippen molar-refractivity contribution in [2.24, 2.45) is 0 Å². The van der Waals surface area contributed by atoms with Crippen LogP contribution >= 0.6 is 0 Å². The number of nitrogens with zero attached hydrogens (tertiary/aromatic N) is 3. The first-order valence-corrected chi connectivity index (χ1v) is 5.95. The van der Waals surface area contributed by atoms with Crippen LogP contribution in [-0.4, -0.2) is 27.6 Å². The molecule has 0 fully saturated rings. The van der Waals surface area contributed by atoms with E-state index in [1.165, 1.54) is 4.80 Å². The average Bonchev–Trinajstić information content (AvgIpc) is 2.78. The molecule has 0 unspecified atom stereocenters. The topological polar surface area (TPSA) is 57.0 Å². The summed E-state index contributed by atoms with van der Waals surface area (Å²) >= 11 is 0. The molecule has 0 aliphatic heterocycles. The molecule has 2 rings (SSSR count). The van der Waals surface area contributed by atoms with Gasteiger partial charge in [0, 0.05) is 6.20 Å². The predicted molar refractivity (Wildman–Crippen MR) is 69.1 cm³/mol. The lowest BCUT2D eigenvalue weighted by atomic mass is 10.2. The Morgan fingerprint density at radius 3 is 2.83 bits per heavy atom. The van der Waals surface area contributed by atoms with Gasteiger partial charge in [0.15, 0.2) is 0 Å². The van der Waals surface area contributed by atoms with Crippen molar-refractivity contribution in [2.45, 2.75) is 20.3 Å². The molecule has 2 aromatic rings. The monoisotopic (exact) mass is 245 g/mol. The van der Waals surface area contributed by atoms with Crippen LogP contribution in [0.15, 0.2) is 24.3 Å². The molecular formula is C13H15N3O2. The molecule has 0 radical (unpaired) electrons. The van der Waals surface area contributed by atoms with Crippen LogP contribution in [0.5, 0.6) is 0 Å². The summed E-state index contributed by atoms with van der Waals surface area (Å²) in [6.07, 6.45) is 4.68. The lowest BCUT2D eigenvalue weighted by Gasteiger charge is -1.99. The summed E-state index contributed by atoms with van der Waals surface area (Å²) in [5, 5.41) is 8.53. The van der Waals surface area contributed by atoms with Crippen molar-refractivity contribution >= 4 is 23.2 Å². The van der Waals surface area contributed by atoms with Gasteiger partial charge in [0.25, 0.3) is 0 Å². The molecule has 18 heavy (non-hydrogen) atoms. The highest BCUT2D eigenvalue weighted by molar-refractivity contribution is 5.93. The Hall–Kier alpha value is -2.17. The van der Waals surface area contributed by atoms with Crippen LogP contribution in [0, 0.1) is 0 Å². The number of esters is 1. The standard InChI is InChI=1S/C13H15N3O2/c1-3-5-8-16-14-11-7-6-10(9-12(11)15-16)13(17)18-4-2/h5-9H,3-4H2,1-2H3/b8-5-. The third-order valence-electron chi connectivity index (χ3n) is 2.38. The Morgan fingerprint density at radius 2 is 2.11 bits per heavy atom. The van der Waals surface area contributed by atoms with Crippen LogP contribution < -0.4 is 0 Å². The Labute approximate surface area is 105 Å². The number of carbonyl (C=O) groups is 1. The maximum Gasteiger partial charge on any atom is 0.338 e. The third kappa shape index (κ3) is 2.56. The summed E-state index contributed by atoms with van der Waals surface area (Å²) in [5.74, 6) is -0.335. The molecule has 94 valence electrons. The van der Waals surface area contributed by atoms with E-state index < -0.39 is 0 Å². The maximum atomic E-state index is 11.6. The van der Waals surface area contributed by atoms with Gasteiger partial charge in [-0.25, -0.2) is 4.79 Å². The number of allylic oxidation sites excluding steroid dienone is 1. The first-order chi connectivity index (χ1) is 8.74. The predicted octanol–water partition coefficient (Wildman–Crippen LogP) is 2.49. The van der Waals surface area contributed by atoms with Crippen LogP contribution in [0.2, 0.25) is 0 Å². The van der Waals surface area contributed by atoms with Gasteiger partial charge in [0.05, 0.1) is 12.2 Å². The van der Waals surface area contributed by atoms with E-state index in [4.69, 9.17) is 4.74 Å². The second kappa shape index (κ2) is 5.44. The van der Waals surface area contributed by atoms with Crippen molar-refractivity contribution in [3.8, 4) is 0 Å². The number of aromatic nitrogens is 3. The lowest BCUT2D eigenvalue weighted by molar-refractivity contribution is 0.0526. The van der Waals surface area contributed by atoms with Crippen molar-refractivity contribution in [2.75, 3.05) is 6.61 Å². The molecule has 0 N–H and O–H groups in total. The summed E-state index contributed by atoms with van der Waals surface area (Å²) in [4.78, 5) is 13.1. The fraction of sp³-hybridized carbons (Fsp3) is 0.308. The zero-order valence-electron chi connectivity index (χ0n) is 10.5. The number of benzene rings is 1. The highest BCUT2D eigenvalue weighted by Crippen LogP contribution is 2.12. The largest absolute Gasteiger partial charge is 0.462 e. The minimum Gasteiger partial charge on any atom is -0.462 e. The van der Waals surface area contributed by atoms with Gasteiger partial charge < -0.3 is 4.74 Å². The van der Waals surface area contributed by atoms with Crippen LogP contribution in [-0.2, 0) is 4.74 Å². The molecule has 5 heteroatoms. The van der Waals surface area contributed by atoms with Crippen molar-refractivity contribution in [1.82, 2.24) is 15.0 Å². The zero-order valence-corrected chi connectivity index (χ0v) is 10.5. The van der Waals surface area contributed by atoms with Gasteiger partial charge in [-0.1, -0.05) is 13.0 Å². The summed E-state index contributed by atoms with van der Waals surface area (Å²) in [7, 11) is 0.